The monoisotopic (exact) mass is 488 g/mol. The maximum absolute atomic E-state index is 12.5. The molecule has 4 aliphatic carbocycles. The van der Waals surface area contributed by atoms with Crippen LogP contribution in [-0.2, 0) is 4.79 Å². The van der Waals surface area contributed by atoms with E-state index in [0.29, 0.717) is 24.1 Å². The highest BCUT2D eigenvalue weighted by Crippen LogP contribution is 2.66. The summed E-state index contributed by atoms with van der Waals surface area (Å²) in [6, 6.07) is 8.01. The molecule has 7 heteroatoms. The number of allylic oxidation sites excluding steroid dienone is 2. The number of aromatic nitrogens is 2. The van der Waals surface area contributed by atoms with E-state index in [1.165, 1.54) is 5.57 Å². The number of nitrogens with one attached hydrogen (secondary N) is 1. The molecule has 36 heavy (non-hydrogen) atoms. The van der Waals surface area contributed by atoms with E-state index in [2.05, 4.69) is 35.5 Å². The van der Waals surface area contributed by atoms with Gasteiger partial charge in [0.05, 0.1) is 18.0 Å². The summed E-state index contributed by atoms with van der Waals surface area (Å²) in [5.41, 5.74) is 5.30. The summed E-state index contributed by atoms with van der Waals surface area (Å²) in [6.45, 7) is 4.15. The van der Waals surface area contributed by atoms with Crippen molar-refractivity contribution in [1.82, 2.24) is 10.2 Å². The number of nitrogens with zero attached hydrogens (tertiary/aromatic N) is 3. The predicted octanol–water partition coefficient (Wildman–Crippen LogP) is 4.51. The zero-order valence-corrected chi connectivity index (χ0v) is 21.2. The Bertz CT molecular complexity index is 1250. The molecule has 7 unspecified atom stereocenters. The Kier molecular flexibility index (Phi) is 5.76. The lowest BCUT2D eigenvalue weighted by Crippen LogP contribution is -2.57. The number of fused-ring (bicyclic) bond motifs is 6. The second kappa shape index (κ2) is 8.73. The Morgan fingerprint density at radius 1 is 1.19 bits per heavy atom. The molecule has 1 aromatic carbocycles. The third-order valence-corrected chi connectivity index (χ3v) is 10.3. The van der Waals surface area contributed by atoms with Gasteiger partial charge in [-0.15, -0.1) is 5.10 Å². The van der Waals surface area contributed by atoms with Crippen LogP contribution in [0.15, 0.2) is 47.2 Å². The average molecular weight is 489 g/mol. The smallest absolute Gasteiger partial charge is 0.176 e. The molecule has 0 saturated heterocycles. The summed E-state index contributed by atoms with van der Waals surface area (Å²) in [5, 5.41) is 36.2. The molecule has 0 aliphatic heterocycles. The number of carbonyl (C=O) groups is 1. The summed E-state index contributed by atoms with van der Waals surface area (Å²) in [7, 11) is 0. The van der Waals surface area contributed by atoms with E-state index < -0.39 is 6.10 Å². The zero-order chi connectivity index (χ0) is 25.1. The first-order valence-corrected chi connectivity index (χ1v) is 13.4. The number of carbonyl (C=O) groups excluding carboxylic acids is 1. The van der Waals surface area contributed by atoms with E-state index in [-0.39, 0.29) is 35.1 Å². The van der Waals surface area contributed by atoms with E-state index in [9.17, 15) is 15.0 Å². The second-order valence-electron chi connectivity index (χ2n) is 11.9. The van der Waals surface area contributed by atoms with Crippen LogP contribution in [0.5, 0.6) is 0 Å². The minimum absolute atomic E-state index is 0.0461. The van der Waals surface area contributed by atoms with Gasteiger partial charge in [0, 0.05) is 16.7 Å². The lowest BCUT2D eigenvalue weighted by molar-refractivity contribution is -0.144. The Labute approximate surface area is 212 Å². The van der Waals surface area contributed by atoms with Crippen LogP contribution >= 0.6 is 0 Å². The maximum atomic E-state index is 12.5. The largest absolute Gasteiger partial charge is 0.393 e. The van der Waals surface area contributed by atoms with Gasteiger partial charge in [-0.05, 0) is 79.6 Å². The van der Waals surface area contributed by atoms with E-state index in [1.54, 1.807) is 6.20 Å². The Hall–Kier alpha value is -2.64. The Morgan fingerprint density at radius 3 is 2.86 bits per heavy atom. The van der Waals surface area contributed by atoms with Crippen molar-refractivity contribution in [2.75, 3.05) is 12.0 Å². The molecular weight excluding hydrogens is 452 g/mol. The molecule has 3 fully saturated rings. The molecule has 6 rings (SSSR count). The molecule has 0 amide bonds. The summed E-state index contributed by atoms with van der Waals surface area (Å²) < 4.78 is 0. The van der Waals surface area contributed by atoms with Crippen molar-refractivity contribution in [3.05, 3.63) is 42.1 Å². The van der Waals surface area contributed by atoms with Crippen molar-refractivity contribution in [1.29, 1.82) is 0 Å². The SMILES string of the molecule is CC12CC/C(=N\Nc3nncc4ccccc34)C=C1CCC1C2C(O)CC2(C)C(C(=O)CO)CCC12. The first kappa shape index (κ1) is 23.7. The molecule has 0 spiro atoms. The van der Waals surface area contributed by atoms with Gasteiger partial charge in [-0.3, -0.25) is 10.2 Å². The zero-order valence-electron chi connectivity index (χ0n) is 21.2. The van der Waals surface area contributed by atoms with Gasteiger partial charge >= 0.3 is 0 Å². The van der Waals surface area contributed by atoms with Gasteiger partial charge in [0.2, 0.25) is 0 Å². The van der Waals surface area contributed by atoms with Crippen LogP contribution < -0.4 is 5.43 Å². The minimum atomic E-state index is -0.431. The highest BCUT2D eigenvalue weighted by molar-refractivity contribution is 5.98. The maximum Gasteiger partial charge on any atom is 0.176 e. The number of anilines is 1. The highest BCUT2D eigenvalue weighted by Gasteiger charge is 2.62. The van der Waals surface area contributed by atoms with E-state index in [1.807, 2.05) is 24.3 Å². The number of ketones is 1. The minimum Gasteiger partial charge on any atom is -0.393 e. The van der Waals surface area contributed by atoms with Crippen molar-refractivity contribution in [3.63, 3.8) is 0 Å². The molecule has 0 radical (unpaired) electrons. The predicted molar refractivity (Wildman–Crippen MR) is 139 cm³/mol. The lowest BCUT2D eigenvalue weighted by Gasteiger charge is -2.59. The highest BCUT2D eigenvalue weighted by atomic mass is 16.3. The second-order valence-corrected chi connectivity index (χ2v) is 11.9. The van der Waals surface area contributed by atoms with Crippen LogP contribution in [0.1, 0.15) is 58.8 Å². The molecule has 4 aliphatic rings. The van der Waals surface area contributed by atoms with Crippen molar-refractivity contribution in [2.45, 2.75) is 64.9 Å². The molecule has 3 N–H and O–H groups in total. The third kappa shape index (κ3) is 3.54. The summed E-state index contributed by atoms with van der Waals surface area (Å²) in [5.74, 6) is 1.55. The fourth-order valence-corrected chi connectivity index (χ4v) is 8.66. The van der Waals surface area contributed by atoms with Gasteiger partial charge in [0.1, 0.15) is 6.61 Å². The topological polar surface area (TPSA) is 108 Å². The molecule has 0 bridgehead atoms. The van der Waals surface area contributed by atoms with Crippen LogP contribution in [0.4, 0.5) is 5.82 Å². The molecule has 2 aromatic rings. The number of hydrogen-bond acceptors (Lipinski definition) is 7. The lowest BCUT2D eigenvalue weighted by atomic mass is 9.46. The molecule has 1 heterocycles. The van der Waals surface area contributed by atoms with Gasteiger partial charge < -0.3 is 10.2 Å². The Morgan fingerprint density at radius 2 is 2.03 bits per heavy atom. The van der Waals surface area contributed by atoms with Gasteiger partial charge in [0.25, 0.3) is 0 Å². The van der Waals surface area contributed by atoms with Crippen LogP contribution in [0.25, 0.3) is 10.8 Å². The number of hydrazone groups is 1. The first-order chi connectivity index (χ1) is 17.3. The number of aliphatic hydroxyl groups excluding tert-OH is 2. The van der Waals surface area contributed by atoms with E-state index >= 15 is 0 Å². The number of hydrogen-bond donors (Lipinski definition) is 3. The summed E-state index contributed by atoms with van der Waals surface area (Å²) in [4.78, 5) is 12.5. The third-order valence-electron chi connectivity index (χ3n) is 10.3. The number of aliphatic hydroxyl groups is 2. The van der Waals surface area contributed by atoms with E-state index in [0.717, 1.165) is 55.0 Å². The van der Waals surface area contributed by atoms with E-state index in [4.69, 9.17) is 5.10 Å². The van der Waals surface area contributed by atoms with Crippen LogP contribution in [0, 0.1) is 34.5 Å². The first-order valence-electron chi connectivity index (χ1n) is 13.4. The van der Waals surface area contributed by atoms with Crippen LogP contribution in [0.2, 0.25) is 0 Å². The van der Waals surface area contributed by atoms with Crippen LogP contribution in [-0.4, -0.2) is 44.6 Å². The molecule has 1 aromatic heterocycles. The fourth-order valence-electron chi connectivity index (χ4n) is 8.66. The summed E-state index contributed by atoms with van der Waals surface area (Å²) >= 11 is 0. The molecule has 7 atom stereocenters. The van der Waals surface area contributed by atoms with Crippen LogP contribution in [0.3, 0.4) is 0 Å². The average Bonchev–Trinajstić information content (AvgIpc) is 3.23. The van der Waals surface area contributed by atoms with Gasteiger partial charge in [0.15, 0.2) is 11.6 Å². The fraction of sp³-hybridized carbons (Fsp3) is 0.586. The normalized spacial score (nSPS) is 38.7. The van der Waals surface area contributed by atoms with Gasteiger partial charge in [-0.25, -0.2) is 0 Å². The number of Topliss-reactive ketones (excluding diaryl/α,β-unsaturated/α-hetero) is 1. The van der Waals surface area contributed by atoms with Crippen molar-refractivity contribution in [2.24, 2.45) is 39.6 Å². The number of benzene rings is 1. The Balaban J connectivity index is 1.26. The molecule has 3 saturated carbocycles. The number of rotatable bonds is 4. The molecular formula is C29H36N4O3. The quantitative estimate of drug-likeness (QED) is 0.547. The van der Waals surface area contributed by atoms with Crippen molar-refractivity contribution in [3.8, 4) is 0 Å². The molecule has 190 valence electrons. The van der Waals surface area contributed by atoms with Gasteiger partial charge in [-0.2, -0.15) is 10.2 Å². The van der Waals surface area contributed by atoms with Crippen molar-refractivity contribution >= 4 is 28.1 Å². The summed E-state index contributed by atoms with van der Waals surface area (Å²) in [6.07, 6.45) is 9.94. The van der Waals surface area contributed by atoms with Crippen molar-refractivity contribution < 1.29 is 15.0 Å². The molecule has 7 nitrogen and oxygen atoms in total. The standard InChI is InChI=1S/C29H36N4O3/c1-28-12-11-19(31-33-27-20-6-4-3-5-17(20)15-30-32-27)13-18(28)7-8-21-22-9-10-23(25(36)16-34)29(22,2)14-24(35)26(21)28/h3-6,13,15,21-24,26,34-35H,7-12,14,16H2,1-2H3,(H,32,33)/b31-19+. The van der Waals surface area contributed by atoms with Gasteiger partial charge in [-0.1, -0.05) is 43.7 Å².